The van der Waals surface area contributed by atoms with Crippen LogP contribution in [-0.4, -0.2) is 26.6 Å². The second-order valence-corrected chi connectivity index (χ2v) is 6.48. The Morgan fingerprint density at radius 2 is 1.57 bits per heavy atom. The second kappa shape index (κ2) is 8.94. The number of rotatable bonds is 7. The molecule has 0 saturated heterocycles. The van der Waals surface area contributed by atoms with Crippen LogP contribution >= 0.6 is 0 Å². The Morgan fingerprint density at radius 3 is 2.11 bits per heavy atom. The molecule has 2 atom stereocenters. The first-order chi connectivity index (χ1) is 13.6. The van der Waals surface area contributed by atoms with Crippen molar-refractivity contribution >= 4 is 23.2 Å². The lowest BCUT2D eigenvalue weighted by atomic mass is 9.95. The van der Waals surface area contributed by atoms with E-state index in [4.69, 9.17) is 0 Å². The maximum absolute atomic E-state index is 12.6. The molecular formula is C21H23N5O2. The molecule has 0 aliphatic carbocycles. The van der Waals surface area contributed by atoms with E-state index in [2.05, 4.69) is 20.7 Å². The molecule has 0 fully saturated rings. The van der Waals surface area contributed by atoms with Gasteiger partial charge in [0, 0.05) is 11.4 Å². The summed E-state index contributed by atoms with van der Waals surface area (Å²) in [6.07, 6.45) is 3.60. The van der Waals surface area contributed by atoms with Gasteiger partial charge in [-0.3, -0.25) is 9.59 Å². The molecule has 7 nitrogen and oxygen atoms in total. The molecule has 144 valence electrons. The molecule has 0 aliphatic rings. The van der Waals surface area contributed by atoms with Gasteiger partial charge in [0.15, 0.2) is 0 Å². The Labute approximate surface area is 163 Å². The Hall–Kier alpha value is -3.48. The van der Waals surface area contributed by atoms with E-state index < -0.39 is 6.04 Å². The van der Waals surface area contributed by atoms with Crippen molar-refractivity contribution in [3.05, 3.63) is 72.8 Å². The van der Waals surface area contributed by atoms with Crippen molar-refractivity contribution in [1.82, 2.24) is 14.8 Å². The summed E-state index contributed by atoms with van der Waals surface area (Å²) in [5, 5.41) is 9.75. The van der Waals surface area contributed by atoms with Crippen molar-refractivity contribution in [2.45, 2.75) is 32.2 Å². The van der Waals surface area contributed by atoms with Crippen LogP contribution in [0.4, 0.5) is 11.4 Å². The maximum atomic E-state index is 12.6. The van der Waals surface area contributed by atoms with Gasteiger partial charge in [-0.2, -0.15) is 5.10 Å². The molecule has 2 amide bonds. The summed E-state index contributed by atoms with van der Waals surface area (Å²) in [6.45, 7) is 3.74. The van der Waals surface area contributed by atoms with Gasteiger partial charge in [-0.25, -0.2) is 9.67 Å². The smallest absolute Gasteiger partial charge is 0.249 e. The van der Waals surface area contributed by atoms with Crippen LogP contribution in [0.3, 0.4) is 0 Å². The Balaban J connectivity index is 1.61. The number of carbonyl (C=O) groups is 2. The van der Waals surface area contributed by atoms with Crippen molar-refractivity contribution in [1.29, 1.82) is 0 Å². The molecule has 3 aromatic rings. The fraction of sp³-hybridized carbons (Fsp3) is 0.238. The van der Waals surface area contributed by atoms with Crippen molar-refractivity contribution in [3.63, 3.8) is 0 Å². The van der Waals surface area contributed by atoms with Crippen LogP contribution in [0.1, 0.15) is 37.8 Å². The van der Waals surface area contributed by atoms with Crippen molar-refractivity contribution < 1.29 is 9.59 Å². The SMILES string of the molecule is CCC(C(=O)Nc1ccc(NC(=O)C(C)n2cncn2)cc1)c1ccccc1. The van der Waals surface area contributed by atoms with Gasteiger partial charge in [0.05, 0.1) is 5.92 Å². The monoisotopic (exact) mass is 377 g/mol. The molecule has 1 aromatic heterocycles. The summed E-state index contributed by atoms with van der Waals surface area (Å²) in [4.78, 5) is 28.8. The summed E-state index contributed by atoms with van der Waals surface area (Å²) in [5.41, 5.74) is 2.32. The first-order valence-corrected chi connectivity index (χ1v) is 9.19. The molecule has 2 aromatic carbocycles. The lowest BCUT2D eigenvalue weighted by molar-refractivity contribution is -0.119. The Morgan fingerprint density at radius 1 is 0.964 bits per heavy atom. The molecule has 2 N–H and O–H groups in total. The molecule has 0 radical (unpaired) electrons. The number of hydrogen-bond acceptors (Lipinski definition) is 4. The van der Waals surface area contributed by atoms with E-state index in [-0.39, 0.29) is 17.7 Å². The van der Waals surface area contributed by atoms with Crippen molar-refractivity contribution in [2.75, 3.05) is 10.6 Å². The number of aromatic nitrogens is 3. The predicted octanol–water partition coefficient (Wildman–Crippen LogP) is 3.61. The van der Waals surface area contributed by atoms with Crippen LogP contribution in [-0.2, 0) is 9.59 Å². The van der Waals surface area contributed by atoms with Gasteiger partial charge in [0.2, 0.25) is 11.8 Å². The quantitative estimate of drug-likeness (QED) is 0.658. The highest BCUT2D eigenvalue weighted by molar-refractivity contribution is 5.97. The van der Waals surface area contributed by atoms with Gasteiger partial charge in [-0.15, -0.1) is 0 Å². The van der Waals surface area contributed by atoms with Gasteiger partial charge in [-0.05, 0) is 43.2 Å². The van der Waals surface area contributed by atoms with Crippen molar-refractivity contribution in [3.8, 4) is 0 Å². The molecule has 0 saturated carbocycles. The Bertz CT molecular complexity index is 908. The van der Waals surface area contributed by atoms with Crippen molar-refractivity contribution in [2.24, 2.45) is 0 Å². The van der Waals surface area contributed by atoms with Gasteiger partial charge in [0.25, 0.3) is 0 Å². The van der Waals surface area contributed by atoms with E-state index in [1.807, 2.05) is 37.3 Å². The zero-order valence-electron chi connectivity index (χ0n) is 15.9. The first-order valence-electron chi connectivity index (χ1n) is 9.19. The highest BCUT2D eigenvalue weighted by Crippen LogP contribution is 2.22. The summed E-state index contributed by atoms with van der Waals surface area (Å²) in [6, 6.07) is 16.3. The van der Waals surface area contributed by atoms with Crippen LogP contribution in [0.25, 0.3) is 0 Å². The molecule has 0 aliphatic heterocycles. The standard InChI is InChI=1S/C21H23N5O2/c1-3-19(16-7-5-4-6-8-16)21(28)25-18-11-9-17(10-12-18)24-20(27)15(2)26-14-22-13-23-26/h4-15,19H,3H2,1-2H3,(H,24,27)(H,25,28). The number of amides is 2. The van der Waals surface area contributed by atoms with Gasteiger partial charge >= 0.3 is 0 Å². The number of nitrogens with zero attached hydrogens (tertiary/aromatic N) is 3. The van der Waals surface area contributed by atoms with E-state index in [9.17, 15) is 9.59 Å². The molecule has 3 rings (SSSR count). The molecule has 0 spiro atoms. The number of carbonyl (C=O) groups excluding carboxylic acids is 2. The maximum Gasteiger partial charge on any atom is 0.249 e. The van der Waals surface area contributed by atoms with E-state index in [0.717, 1.165) is 5.56 Å². The fourth-order valence-corrected chi connectivity index (χ4v) is 2.91. The number of anilines is 2. The first kappa shape index (κ1) is 19.3. The third kappa shape index (κ3) is 4.62. The lowest BCUT2D eigenvalue weighted by Crippen LogP contribution is -2.24. The number of nitrogens with one attached hydrogen (secondary N) is 2. The van der Waals surface area contributed by atoms with E-state index >= 15 is 0 Å². The average molecular weight is 377 g/mol. The van der Waals surface area contributed by atoms with Gasteiger partial charge < -0.3 is 10.6 Å². The van der Waals surface area contributed by atoms with Gasteiger partial charge in [-0.1, -0.05) is 37.3 Å². The Kier molecular flexibility index (Phi) is 6.16. The van der Waals surface area contributed by atoms with Crippen LogP contribution < -0.4 is 10.6 Å². The summed E-state index contributed by atoms with van der Waals surface area (Å²) < 4.78 is 1.48. The topological polar surface area (TPSA) is 88.9 Å². The third-order valence-electron chi connectivity index (χ3n) is 4.56. The third-order valence-corrected chi connectivity index (χ3v) is 4.56. The molecular weight excluding hydrogens is 354 g/mol. The molecule has 0 bridgehead atoms. The summed E-state index contributed by atoms with van der Waals surface area (Å²) in [5.74, 6) is -0.452. The lowest BCUT2D eigenvalue weighted by Gasteiger charge is -2.16. The minimum Gasteiger partial charge on any atom is -0.326 e. The molecule has 7 heteroatoms. The largest absolute Gasteiger partial charge is 0.326 e. The van der Waals surface area contributed by atoms with Crippen LogP contribution in [0.2, 0.25) is 0 Å². The van der Waals surface area contributed by atoms with E-state index in [1.165, 1.54) is 17.3 Å². The minimum absolute atomic E-state index is 0.0507. The van der Waals surface area contributed by atoms with Crippen LogP contribution in [0, 0.1) is 0 Å². The van der Waals surface area contributed by atoms with E-state index in [1.54, 1.807) is 31.2 Å². The van der Waals surface area contributed by atoms with Crippen LogP contribution in [0.15, 0.2) is 67.3 Å². The molecule has 28 heavy (non-hydrogen) atoms. The number of benzene rings is 2. The summed E-state index contributed by atoms with van der Waals surface area (Å²) >= 11 is 0. The molecule has 1 heterocycles. The highest BCUT2D eigenvalue weighted by Gasteiger charge is 2.19. The number of hydrogen-bond donors (Lipinski definition) is 2. The van der Waals surface area contributed by atoms with Gasteiger partial charge in [0.1, 0.15) is 18.7 Å². The fourth-order valence-electron chi connectivity index (χ4n) is 2.91. The summed E-state index contributed by atoms with van der Waals surface area (Å²) in [7, 11) is 0. The second-order valence-electron chi connectivity index (χ2n) is 6.48. The highest BCUT2D eigenvalue weighted by atomic mass is 16.2. The predicted molar refractivity (Wildman–Crippen MR) is 108 cm³/mol. The average Bonchev–Trinajstić information content (AvgIpc) is 3.25. The van der Waals surface area contributed by atoms with Crippen LogP contribution in [0.5, 0.6) is 0 Å². The zero-order chi connectivity index (χ0) is 19.9. The van der Waals surface area contributed by atoms with E-state index in [0.29, 0.717) is 17.8 Å². The zero-order valence-corrected chi connectivity index (χ0v) is 15.9. The normalized spacial score (nSPS) is 12.8. The molecule has 2 unspecified atom stereocenters. The minimum atomic E-state index is -0.474.